The Morgan fingerprint density at radius 2 is 2.00 bits per heavy atom. The number of amides is 1. The number of piperidine rings is 1. The summed E-state index contributed by atoms with van der Waals surface area (Å²) in [6.45, 7) is 1.36. The fraction of sp³-hybridized carbons (Fsp3) is 0.227. The monoisotopic (exact) mass is 386 g/mol. The second kappa shape index (κ2) is 9.05. The number of nitrogens with one attached hydrogen (secondary N) is 1. The van der Waals surface area contributed by atoms with Gasteiger partial charge in [0.25, 0.3) is 0 Å². The van der Waals surface area contributed by atoms with Gasteiger partial charge in [0.05, 0.1) is 5.69 Å². The molecule has 1 aliphatic rings. The first-order valence-electron chi connectivity index (χ1n) is 9.65. The molecule has 0 saturated carbocycles. The van der Waals surface area contributed by atoms with Crippen LogP contribution in [0.5, 0.6) is 0 Å². The minimum atomic E-state index is 0.00155. The lowest BCUT2D eigenvalue weighted by atomic mass is 9.94. The summed E-state index contributed by atoms with van der Waals surface area (Å²) in [5.41, 5.74) is 1.78. The smallest absolute Gasteiger partial charge is 0.246 e. The molecule has 3 aromatic heterocycles. The number of hydrogen-bond donors (Lipinski definition) is 1. The summed E-state index contributed by atoms with van der Waals surface area (Å²) in [7, 11) is 0. The predicted octanol–water partition coefficient (Wildman–Crippen LogP) is 3.43. The Balaban J connectivity index is 1.47. The fourth-order valence-corrected chi connectivity index (χ4v) is 3.45. The standard InChI is InChI=1S/C22H22N6O/c29-20(9-8-17-5-3-10-23-15-17)28-14-4-6-18(16-28)21-22(26-13-12-25-21)27-19-7-1-2-11-24-19/h1-3,5,7-13,15,18H,4,6,14,16H2,(H,24,26,27)/b9-8+/t18-/m1/s1. The number of pyridine rings is 2. The number of anilines is 2. The van der Waals surface area contributed by atoms with Crippen LogP contribution >= 0.6 is 0 Å². The Morgan fingerprint density at radius 1 is 1.07 bits per heavy atom. The molecule has 0 bridgehead atoms. The largest absolute Gasteiger partial charge is 0.338 e. The number of likely N-dealkylation sites (tertiary alicyclic amines) is 1. The Hall–Kier alpha value is -3.61. The van der Waals surface area contributed by atoms with E-state index in [2.05, 4.69) is 25.3 Å². The van der Waals surface area contributed by atoms with E-state index >= 15 is 0 Å². The molecule has 1 fully saturated rings. The molecule has 3 aromatic rings. The maximum atomic E-state index is 12.7. The van der Waals surface area contributed by atoms with Gasteiger partial charge >= 0.3 is 0 Å². The first kappa shape index (κ1) is 18.7. The fourth-order valence-electron chi connectivity index (χ4n) is 3.45. The van der Waals surface area contributed by atoms with Gasteiger partial charge in [-0.3, -0.25) is 14.8 Å². The molecule has 1 aliphatic heterocycles. The highest BCUT2D eigenvalue weighted by molar-refractivity contribution is 5.91. The quantitative estimate of drug-likeness (QED) is 0.677. The van der Waals surface area contributed by atoms with E-state index < -0.39 is 0 Å². The molecule has 7 heteroatoms. The van der Waals surface area contributed by atoms with Crippen LogP contribution in [0.1, 0.15) is 30.0 Å². The van der Waals surface area contributed by atoms with Crippen LogP contribution in [0.3, 0.4) is 0 Å². The predicted molar refractivity (Wildman–Crippen MR) is 111 cm³/mol. The van der Waals surface area contributed by atoms with Crippen LogP contribution in [0, 0.1) is 0 Å². The second-order valence-corrected chi connectivity index (χ2v) is 6.87. The number of hydrogen-bond acceptors (Lipinski definition) is 6. The molecule has 1 saturated heterocycles. The molecular formula is C22H22N6O. The number of rotatable bonds is 5. The van der Waals surface area contributed by atoms with E-state index in [4.69, 9.17) is 0 Å². The maximum Gasteiger partial charge on any atom is 0.246 e. The van der Waals surface area contributed by atoms with E-state index in [0.29, 0.717) is 12.4 Å². The van der Waals surface area contributed by atoms with Crippen molar-refractivity contribution in [2.75, 3.05) is 18.4 Å². The molecule has 1 atom stereocenters. The molecule has 0 radical (unpaired) electrons. The van der Waals surface area contributed by atoms with Crippen LogP contribution in [0.4, 0.5) is 11.6 Å². The summed E-state index contributed by atoms with van der Waals surface area (Å²) < 4.78 is 0. The van der Waals surface area contributed by atoms with Crippen molar-refractivity contribution >= 4 is 23.6 Å². The highest BCUT2D eigenvalue weighted by Crippen LogP contribution is 2.30. The van der Waals surface area contributed by atoms with Crippen LogP contribution in [-0.4, -0.2) is 43.8 Å². The molecule has 4 heterocycles. The highest BCUT2D eigenvalue weighted by Gasteiger charge is 2.27. The van der Waals surface area contributed by atoms with Crippen molar-refractivity contribution in [2.24, 2.45) is 0 Å². The second-order valence-electron chi connectivity index (χ2n) is 6.87. The van der Waals surface area contributed by atoms with Crippen molar-refractivity contribution in [1.29, 1.82) is 0 Å². The number of nitrogens with zero attached hydrogens (tertiary/aromatic N) is 5. The number of carbonyl (C=O) groups excluding carboxylic acids is 1. The summed E-state index contributed by atoms with van der Waals surface area (Å²) in [6, 6.07) is 9.45. The normalized spacial score (nSPS) is 16.7. The molecule has 0 aliphatic carbocycles. The lowest BCUT2D eigenvalue weighted by molar-refractivity contribution is -0.127. The van der Waals surface area contributed by atoms with Crippen molar-refractivity contribution < 1.29 is 4.79 Å². The third-order valence-electron chi connectivity index (χ3n) is 4.86. The molecule has 7 nitrogen and oxygen atoms in total. The van der Waals surface area contributed by atoms with E-state index in [-0.39, 0.29) is 11.8 Å². The molecule has 29 heavy (non-hydrogen) atoms. The van der Waals surface area contributed by atoms with E-state index in [1.54, 1.807) is 43.1 Å². The highest BCUT2D eigenvalue weighted by atomic mass is 16.2. The Kier molecular flexibility index (Phi) is 5.85. The lowest BCUT2D eigenvalue weighted by Crippen LogP contribution is -2.38. The molecule has 1 N–H and O–H groups in total. The van der Waals surface area contributed by atoms with Crippen LogP contribution in [-0.2, 0) is 4.79 Å². The first-order valence-corrected chi connectivity index (χ1v) is 9.65. The van der Waals surface area contributed by atoms with Gasteiger partial charge in [0.2, 0.25) is 5.91 Å². The molecule has 146 valence electrons. The van der Waals surface area contributed by atoms with E-state index in [9.17, 15) is 4.79 Å². The Morgan fingerprint density at radius 3 is 2.83 bits per heavy atom. The van der Waals surface area contributed by atoms with Gasteiger partial charge in [0.15, 0.2) is 5.82 Å². The van der Waals surface area contributed by atoms with Crippen molar-refractivity contribution in [2.45, 2.75) is 18.8 Å². The molecule has 0 spiro atoms. The van der Waals surface area contributed by atoms with Crippen LogP contribution in [0.15, 0.2) is 67.4 Å². The molecule has 0 unspecified atom stereocenters. The summed E-state index contributed by atoms with van der Waals surface area (Å²) >= 11 is 0. The van der Waals surface area contributed by atoms with E-state index in [1.807, 2.05) is 35.2 Å². The zero-order valence-electron chi connectivity index (χ0n) is 16.0. The SMILES string of the molecule is O=C(/C=C/c1cccnc1)N1CCC[C@@H](c2nccnc2Nc2ccccn2)C1. The van der Waals surface area contributed by atoms with Gasteiger partial charge in [-0.15, -0.1) is 0 Å². The van der Waals surface area contributed by atoms with Crippen LogP contribution in [0.2, 0.25) is 0 Å². The van der Waals surface area contributed by atoms with Crippen molar-refractivity contribution in [3.05, 3.63) is 78.6 Å². The Labute approximate surface area is 169 Å². The van der Waals surface area contributed by atoms with Gasteiger partial charge < -0.3 is 10.2 Å². The first-order chi connectivity index (χ1) is 14.3. The van der Waals surface area contributed by atoms with Crippen LogP contribution in [0.25, 0.3) is 6.08 Å². The van der Waals surface area contributed by atoms with Crippen molar-refractivity contribution in [1.82, 2.24) is 24.8 Å². The van der Waals surface area contributed by atoms with Crippen molar-refractivity contribution in [3.8, 4) is 0 Å². The minimum Gasteiger partial charge on any atom is -0.338 e. The zero-order valence-corrected chi connectivity index (χ0v) is 16.0. The Bertz CT molecular complexity index is 977. The number of aromatic nitrogens is 4. The van der Waals surface area contributed by atoms with Gasteiger partial charge in [-0.1, -0.05) is 12.1 Å². The lowest BCUT2D eigenvalue weighted by Gasteiger charge is -2.32. The zero-order chi connectivity index (χ0) is 19.9. The summed E-state index contributed by atoms with van der Waals surface area (Å²) in [4.78, 5) is 31.9. The van der Waals surface area contributed by atoms with Crippen LogP contribution < -0.4 is 5.32 Å². The topological polar surface area (TPSA) is 83.9 Å². The molecule has 1 amide bonds. The van der Waals surface area contributed by atoms with E-state index in [0.717, 1.165) is 36.5 Å². The van der Waals surface area contributed by atoms with Gasteiger partial charge in [-0.05, 0) is 42.7 Å². The number of carbonyl (C=O) groups is 1. The minimum absolute atomic E-state index is 0.00155. The average molecular weight is 386 g/mol. The molecular weight excluding hydrogens is 364 g/mol. The molecule has 4 rings (SSSR count). The summed E-state index contributed by atoms with van der Waals surface area (Å²) in [5.74, 6) is 1.54. The third-order valence-corrected chi connectivity index (χ3v) is 4.86. The molecule has 0 aromatic carbocycles. The van der Waals surface area contributed by atoms with E-state index in [1.165, 1.54) is 0 Å². The third kappa shape index (κ3) is 4.82. The van der Waals surface area contributed by atoms with Crippen molar-refractivity contribution in [3.63, 3.8) is 0 Å². The maximum absolute atomic E-state index is 12.7. The summed E-state index contributed by atoms with van der Waals surface area (Å²) in [6.07, 6.45) is 13.8. The van der Waals surface area contributed by atoms with Gasteiger partial charge in [-0.25, -0.2) is 9.97 Å². The summed E-state index contributed by atoms with van der Waals surface area (Å²) in [5, 5.41) is 3.25. The van der Waals surface area contributed by atoms with Gasteiger partial charge in [0, 0.05) is 56.1 Å². The average Bonchev–Trinajstić information content (AvgIpc) is 2.79. The van der Waals surface area contributed by atoms with Gasteiger partial charge in [0.1, 0.15) is 5.82 Å². The van der Waals surface area contributed by atoms with Gasteiger partial charge in [-0.2, -0.15) is 0 Å².